The molecule has 8 atom stereocenters. The van der Waals surface area contributed by atoms with Gasteiger partial charge in [0.1, 0.15) is 6.61 Å². The van der Waals surface area contributed by atoms with Crippen LogP contribution in [-0.4, -0.2) is 58.5 Å². The van der Waals surface area contributed by atoms with Gasteiger partial charge in [-0.1, -0.05) is 60.7 Å². The van der Waals surface area contributed by atoms with Crippen LogP contribution in [0.4, 0.5) is 0 Å². The molecule has 7 rings (SSSR count). The van der Waals surface area contributed by atoms with Crippen molar-refractivity contribution < 1.29 is 48.3 Å². The molecule has 0 radical (unpaired) electrons. The van der Waals surface area contributed by atoms with E-state index in [1.807, 2.05) is 60.7 Å². The average Bonchev–Trinajstić information content (AvgIpc) is 3.81. The van der Waals surface area contributed by atoms with Crippen molar-refractivity contribution in [3.05, 3.63) is 71.8 Å². The van der Waals surface area contributed by atoms with Gasteiger partial charge in [0.25, 0.3) is 0 Å². The van der Waals surface area contributed by atoms with Crippen molar-refractivity contribution in [2.24, 2.45) is 23.7 Å². The number of carbonyl (C=O) groups excluding carboxylic acids is 3. The third-order valence-electron chi connectivity index (χ3n) is 8.10. The van der Waals surface area contributed by atoms with E-state index in [-0.39, 0.29) is 61.4 Å². The minimum Gasteiger partial charge on any atom is -0.481 e. The molecule has 2 N–H and O–H groups in total. The van der Waals surface area contributed by atoms with E-state index in [1.54, 1.807) is 0 Å². The van der Waals surface area contributed by atoms with Gasteiger partial charge in [-0.15, -0.1) is 0 Å². The fraction of sp³-hybridized carbons (Fsp3) is 0.467. The van der Waals surface area contributed by atoms with Crippen molar-refractivity contribution in [1.82, 2.24) is 0 Å². The fourth-order valence-corrected chi connectivity index (χ4v) is 6.21. The predicted octanol–water partition coefficient (Wildman–Crippen LogP) is 2.65. The van der Waals surface area contributed by atoms with Gasteiger partial charge in [-0.2, -0.15) is 0 Å². The van der Waals surface area contributed by atoms with Gasteiger partial charge < -0.3 is 29.2 Å². The zero-order chi connectivity index (χ0) is 28.2. The zero-order valence-corrected chi connectivity index (χ0v) is 21.8. The number of carboxylic acid groups (broad SMARTS) is 1. The summed E-state index contributed by atoms with van der Waals surface area (Å²) in [4.78, 5) is 45.7. The monoisotopic (exact) mass is 552 g/mol. The van der Waals surface area contributed by atoms with Crippen LogP contribution in [-0.2, 0) is 51.3 Å². The lowest BCUT2D eigenvalue weighted by Gasteiger charge is -2.23. The molecule has 5 heterocycles. The summed E-state index contributed by atoms with van der Waals surface area (Å²) in [5.41, 5.74) is 1.85. The fourth-order valence-electron chi connectivity index (χ4n) is 6.21. The number of carboxylic acids is 1. The first-order chi connectivity index (χ1) is 19.4. The average molecular weight is 553 g/mol. The van der Waals surface area contributed by atoms with Gasteiger partial charge in [0.15, 0.2) is 0 Å². The molecule has 8 unspecified atom stereocenters. The van der Waals surface area contributed by atoms with Crippen LogP contribution in [0.5, 0.6) is 0 Å². The van der Waals surface area contributed by atoms with E-state index in [0.29, 0.717) is 6.42 Å². The van der Waals surface area contributed by atoms with E-state index in [4.69, 9.17) is 19.3 Å². The molecule has 10 heteroatoms. The molecular weight excluding hydrogens is 520 g/mol. The summed E-state index contributed by atoms with van der Waals surface area (Å²) in [5, 5.41) is 17.8. The van der Waals surface area contributed by atoms with Crippen LogP contribution < -0.4 is 0 Å². The van der Waals surface area contributed by atoms with Gasteiger partial charge >= 0.3 is 23.9 Å². The number of carbonyl (C=O) groups is 4. The van der Waals surface area contributed by atoms with Gasteiger partial charge in [-0.3, -0.25) is 19.2 Å². The molecule has 5 fully saturated rings. The van der Waals surface area contributed by atoms with Crippen molar-refractivity contribution in [2.45, 2.75) is 63.3 Å². The summed E-state index contributed by atoms with van der Waals surface area (Å²) in [6.45, 7) is 0.306. The highest BCUT2D eigenvalue weighted by molar-refractivity contribution is 5.97. The molecule has 5 aliphatic rings. The number of aliphatic hydroxyl groups is 1. The lowest BCUT2D eigenvalue weighted by molar-refractivity contribution is -0.159. The van der Waals surface area contributed by atoms with Crippen LogP contribution in [0.2, 0.25) is 0 Å². The number of hydrogen-bond acceptors (Lipinski definition) is 9. The number of rotatable bonds is 5. The predicted molar refractivity (Wildman–Crippen MR) is 137 cm³/mol. The SMILES string of the molecule is O=C(O)C1C2CCC(O2)C1C(=O)OCc1ccccc1.O=C1OC(=O)C2C3CCC(O3)C12.OCc1ccccc1. The largest absolute Gasteiger partial charge is 0.481 e. The second kappa shape index (κ2) is 12.3. The molecule has 10 nitrogen and oxygen atoms in total. The first-order valence-corrected chi connectivity index (χ1v) is 13.5. The third kappa shape index (κ3) is 5.79. The maximum atomic E-state index is 12.2. The second-order valence-corrected chi connectivity index (χ2v) is 10.5. The molecular formula is C30H32O10. The van der Waals surface area contributed by atoms with E-state index in [0.717, 1.165) is 30.4 Å². The topological polar surface area (TPSA) is 146 Å². The molecule has 5 saturated heterocycles. The summed E-state index contributed by atoms with van der Waals surface area (Å²) >= 11 is 0. The minimum atomic E-state index is -0.973. The third-order valence-corrected chi connectivity index (χ3v) is 8.10. The number of esters is 3. The molecule has 2 aromatic carbocycles. The number of fused-ring (bicyclic) bond motifs is 7. The first-order valence-electron chi connectivity index (χ1n) is 13.5. The number of ether oxygens (including phenoxy) is 4. The highest BCUT2D eigenvalue weighted by Gasteiger charge is 2.61. The summed E-state index contributed by atoms with van der Waals surface area (Å²) in [6.07, 6.45) is 2.51. The van der Waals surface area contributed by atoms with Crippen molar-refractivity contribution in [3.63, 3.8) is 0 Å². The minimum absolute atomic E-state index is 0.0426. The number of benzene rings is 2. The Kier molecular flexibility index (Phi) is 8.58. The Bertz CT molecular complexity index is 1190. The lowest BCUT2D eigenvalue weighted by atomic mass is 9.79. The Labute approximate surface area is 231 Å². The summed E-state index contributed by atoms with van der Waals surface area (Å²) in [7, 11) is 0. The molecule has 40 heavy (non-hydrogen) atoms. The molecule has 0 saturated carbocycles. The number of hydrogen-bond donors (Lipinski definition) is 2. The Hall–Kier alpha value is -3.60. The maximum absolute atomic E-state index is 12.2. The molecule has 0 spiro atoms. The van der Waals surface area contributed by atoms with Crippen LogP contribution in [0.15, 0.2) is 60.7 Å². The first kappa shape index (κ1) is 27.9. The maximum Gasteiger partial charge on any atom is 0.320 e. The van der Waals surface area contributed by atoms with Crippen LogP contribution in [0.25, 0.3) is 0 Å². The zero-order valence-electron chi connectivity index (χ0n) is 21.8. The lowest BCUT2D eigenvalue weighted by Crippen LogP contribution is -2.39. The second-order valence-electron chi connectivity index (χ2n) is 10.5. The quantitative estimate of drug-likeness (QED) is 0.419. The number of aliphatic carboxylic acids is 1. The van der Waals surface area contributed by atoms with E-state index < -0.39 is 23.8 Å². The van der Waals surface area contributed by atoms with Crippen molar-refractivity contribution >= 4 is 23.9 Å². The Morgan fingerprint density at radius 1 is 0.725 bits per heavy atom. The van der Waals surface area contributed by atoms with Crippen LogP contribution >= 0.6 is 0 Å². The van der Waals surface area contributed by atoms with Crippen molar-refractivity contribution in [1.29, 1.82) is 0 Å². The highest BCUT2D eigenvalue weighted by Crippen LogP contribution is 2.47. The normalized spacial score (nSPS) is 32.3. The van der Waals surface area contributed by atoms with Crippen LogP contribution in [0.3, 0.4) is 0 Å². The summed E-state index contributed by atoms with van der Waals surface area (Å²) in [5.74, 6) is -4.19. The number of aliphatic hydroxyl groups excluding tert-OH is 1. The van der Waals surface area contributed by atoms with Crippen LogP contribution in [0.1, 0.15) is 36.8 Å². The molecule has 4 bridgehead atoms. The molecule has 0 aliphatic carbocycles. The van der Waals surface area contributed by atoms with E-state index in [1.165, 1.54) is 0 Å². The Morgan fingerprint density at radius 2 is 1.20 bits per heavy atom. The van der Waals surface area contributed by atoms with Gasteiger partial charge in [0, 0.05) is 0 Å². The van der Waals surface area contributed by atoms with E-state index in [2.05, 4.69) is 4.74 Å². The Balaban J connectivity index is 0.000000136. The standard InChI is InChI=1S/C15H16O5.C8H8O4.C7H8O/c16-14(17)12-10-6-7-11(20-10)13(12)15(18)19-8-9-4-2-1-3-5-9;9-7-5-3-1-2-4(11-3)6(5)8(10)12-7;8-6-7-4-2-1-3-5-7/h1-5,10-13H,6-8H2,(H,16,17);3-6H,1-2H2;1-5,8H,6H2. The molecule has 0 amide bonds. The van der Waals surface area contributed by atoms with E-state index in [9.17, 15) is 24.3 Å². The van der Waals surface area contributed by atoms with Gasteiger partial charge in [-0.05, 0) is 36.8 Å². The number of cyclic esters (lactones) is 2. The smallest absolute Gasteiger partial charge is 0.320 e. The van der Waals surface area contributed by atoms with E-state index >= 15 is 0 Å². The van der Waals surface area contributed by atoms with Gasteiger partial charge in [0.05, 0.1) is 54.7 Å². The molecule has 5 aliphatic heterocycles. The highest BCUT2D eigenvalue weighted by atomic mass is 16.6. The van der Waals surface area contributed by atoms with Gasteiger partial charge in [-0.25, -0.2) is 0 Å². The van der Waals surface area contributed by atoms with Crippen molar-refractivity contribution in [3.8, 4) is 0 Å². The molecule has 0 aromatic heterocycles. The molecule has 212 valence electrons. The summed E-state index contributed by atoms with van der Waals surface area (Å²) < 4.78 is 20.8. The summed E-state index contributed by atoms with van der Waals surface area (Å²) in [6, 6.07) is 18.9. The molecule has 2 aromatic rings. The Morgan fingerprint density at radius 3 is 1.70 bits per heavy atom. The van der Waals surface area contributed by atoms with Crippen molar-refractivity contribution in [2.75, 3.05) is 0 Å². The van der Waals surface area contributed by atoms with Crippen LogP contribution in [0, 0.1) is 23.7 Å². The van der Waals surface area contributed by atoms with Gasteiger partial charge in [0.2, 0.25) is 0 Å².